The van der Waals surface area contributed by atoms with Crippen molar-refractivity contribution in [2.75, 3.05) is 5.32 Å². The minimum Gasteiger partial charge on any atom is -0.359 e. The fourth-order valence-corrected chi connectivity index (χ4v) is 2.94. The van der Waals surface area contributed by atoms with Crippen LogP contribution in [0.1, 0.15) is 38.3 Å². The van der Waals surface area contributed by atoms with E-state index in [4.69, 9.17) is 11.6 Å². The summed E-state index contributed by atoms with van der Waals surface area (Å²) < 4.78 is 13.8. The zero-order valence-corrected chi connectivity index (χ0v) is 15.6. The van der Waals surface area contributed by atoms with E-state index < -0.39 is 0 Å². The number of anilines is 1. The summed E-state index contributed by atoms with van der Waals surface area (Å²) in [6.45, 7) is 12.0. The lowest BCUT2D eigenvalue weighted by atomic mass is 9.97. The Balaban J connectivity index is 2.31. The van der Waals surface area contributed by atoms with Gasteiger partial charge in [-0.15, -0.1) is 11.6 Å². The number of hydrogen-bond acceptors (Lipinski definition) is 1. The van der Waals surface area contributed by atoms with Crippen LogP contribution in [0.4, 0.5) is 10.1 Å². The number of allylic oxidation sites excluding steroid dienone is 1. The highest BCUT2D eigenvalue weighted by Crippen LogP contribution is 2.30. The van der Waals surface area contributed by atoms with Gasteiger partial charge in [0.15, 0.2) is 0 Å². The molecular weight excluding hydrogens is 321 g/mol. The molecule has 1 nitrogen and oxygen atoms in total. The number of benzene rings is 2. The minimum atomic E-state index is -0.329. The van der Waals surface area contributed by atoms with Gasteiger partial charge < -0.3 is 5.32 Å². The fraction of sp³-hybridized carbons (Fsp3) is 0.333. The van der Waals surface area contributed by atoms with Crippen LogP contribution in [-0.4, -0.2) is 4.87 Å². The van der Waals surface area contributed by atoms with Gasteiger partial charge in [0.2, 0.25) is 0 Å². The van der Waals surface area contributed by atoms with Crippen LogP contribution in [0.25, 0.3) is 11.1 Å². The van der Waals surface area contributed by atoms with Crippen molar-refractivity contribution < 1.29 is 4.39 Å². The molecule has 0 heterocycles. The fourth-order valence-electron chi connectivity index (χ4n) is 2.78. The van der Waals surface area contributed by atoms with E-state index in [9.17, 15) is 4.39 Å². The molecule has 0 aliphatic heterocycles. The third kappa shape index (κ3) is 4.85. The van der Waals surface area contributed by atoms with Gasteiger partial charge in [-0.1, -0.05) is 25.6 Å². The van der Waals surface area contributed by atoms with Gasteiger partial charge in [-0.05, 0) is 73.7 Å². The van der Waals surface area contributed by atoms with Crippen molar-refractivity contribution in [3.05, 3.63) is 65.6 Å². The zero-order chi connectivity index (χ0) is 17.9. The van der Waals surface area contributed by atoms with E-state index in [0.717, 1.165) is 33.6 Å². The number of nitrogens with one attached hydrogen (secondary N) is 1. The van der Waals surface area contributed by atoms with Gasteiger partial charge in [-0.2, -0.15) is 0 Å². The average Bonchev–Trinajstić information content (AvgIpc) is 2.48. The van der Waals surface area contributed by atoms with Crippen LogP contribution in [0, 0.1) is 12.7 Å². The maximum atomic E-state index is 13.8. The molecule has 0 radical (unpaired) electrons. The molecule has 0 atom stereocenters. The number of hydrogen-bond donors (Lipinski definition) is 1. The van der Waals surface area contributed by atoms with Gasteiger partial charge in [0.05, 0.1) is 0 Å². The Labute approximate surface area is 149 Å². The van der Waals surface area contributed by atoms with Crippen LogP contribution < -0.4 is 5.32 Å². The van der Waals surface area contributed by atoms with Gasteiger partial charge in [0.1, 0.15) is 5.82 Å². The Hall–Kier alpha value is -1.80. The molecule has 1 N–H and O–H groups in total. The number of aryl methyl sites for hydroxylation is 2. The molecule has 2 rings (SSSR count). The van der Waals surface area contributed by atoms with Crippen molar-refractivity contribution in [1.82, 2.24) is 0 Å². The van der Waals surface area contributed by atoms with E-state index in [2.05, 4.69) is 31.0 Å². The van der Waals surface area contributed by atoms with Crippen LogP contribution in [-0.2, 0) is 6.42 Å². The van der Waals surface area contributed by atoms with Crippen molar-refractivity contribution in [2.45, 2.75) is 45.4 Å². The standard InChI is InChI=1S/C21H25ClFN/c1-6-16-11-17(8-10-20(16)23)19-12-18(9-7-14(19)2)24-15(3)13-21(4,5)22/h7-12,24H,3,6,13H2,1-2,4-5H3. The molecule has 0 aromatic heterocycles. The predicted molar refractivity (Wildman–Crippen MR) is 103 cm³/mol. The lowest BCUT2D eigenvalue weighted by Gasteiger charge is -2.19. The Bertz CT molecular complexity index is 744. The zero-order valence-electron chi connectivity index (χ0n) is 14.8. The summed E-state index contributed by atoms with van der Waals surface area (Å²) in [7, 11) is 0. The highest BCUT2D eigenvalue weighted by Gasteiger charge is 2.15. The summed E-state index contributed by atoms with van der Waals surface area (Å²) >= 11 is 6.26. The lowest BCUT2D eigenvalue weighted by molar-refractivity contribution is 0.612. The Morgan fingerprint density at radius 2 is 1.92 bits per heavy atom. The molecular formula is C21H25ClFN. The van der Waals surface area contributed by atoms with E-state index >= 15 is 0 Å². The average molecular weight is 346 g/mol. The molecule has 0 fully saturated rings. The van der Waals surface area contributed by atoms with Crippen molar-refractivity contribution in [1.29, 1.82) is 0 Å². The first kappa shape index (κ1) is 18.5. The van der Waals surface area contributed by atoms with Crippen LogP contribution in [0.2, 0.25) is 0 Å². The smallest absolute Gasteiger partial charge is 0.126 e. The van der Waals surface area contributed by atoms with E-state index in [0.29, 0.717) is 12.8 Å². The molecule has 0 amide bonds. The van der Waals surface area contributed by atoms with Crippen LogP contribution in [0.3, 0.4) is 0 Å². The van der Waals surface area contributed by atoms with Gasteiger partial charge >= 0.3 is 0 Å². The predicted octanol–water partition coefficient (Wildman–Crippen LogP) is 6.70. The van der Waals surface area contributed by atoms with Crippen LogP contribution in [0.5, 0.6) is 0 Å². The summed E-state index contributed by atoms with van der Waals surface area (Å²) in [5.74, 6) is -0.147. The maximum absolute atomic E-state index is 13.8. The molecule has 0 saturated heterocycles. The summed E-state index contributed by atoms with van der Waals surface area (Å²) in [4.78, 5) is -0.329. The largest absolute Gasteiger partial charge is 0.359 e. The first-order valence-electron chi connectivity index (χ1n) is 8.23. The first-order chi connectivity index (χ1) is 11.2. The van der Waals surface area contributed by atoms with Crippen molar-refractivity contribution in [3.63, 3.8) is 0 Å². The molecule has 0 bridgehead atoms. The molecule has 3 heteroatoms. The molecule has 0 aliphatic carbocycles. The summed E-state index contributed by atoms with van der Waals surface area (Å²) in [6.07, 6.45) is 1.35. The second-order valence-corrected chi connectivity index (χ2v) is 7.84. The Morgan fingerprint density at radius 3 is 2.54 bits per heavy atom. The van der Waals surface area contributed by atoms with Gasteiger partial charge in [0, 0.05) is 22.7 Å². The molecule has 0 spiro atoms. The van der Waals surface area contributed by atoms with Crippen molar-refractivity contribution >= 4 is 17.3 Å². The van der Waals surface area contributed by atoms with Crippen molar-refractivity contribution in [3.8, 4) is 11.1 Å². The molecule has 128 valence electrons. The second kappa shape index (κ2) is 7.40. The van der Waals surface area contributed by atoms with Crippen molar-refractivity contribution in [2.24, 2.45) is 0 Å². The molecule has 0 aliphatic rings. The summed E-state index contributed by atoms with van der Waals surface area (Å²) in [5.41, 5.74) is 5.84. The SMILES string of the molecule is C=C(CC(C)(C)Cl)Nc1ccc(C)c(-c2ccc(F)c(CC)c2)c1. The maximum Gasteiger partial charge on any atom is 0.126 e. The Kier molecular flexibility index (Phi) is 5.71. The number of halogens is 2. The van der Waals surface area contributed by atoms with E-state index in [1.54, 1.807) is 6.07 Å². The molecule has 0 saturated carbocycles. The van der Waals surface area contributed by atoms with Gasteiger partial charge in [-0.3, -0.25) is 0 Å². The van der Waals surface area contributed by atoms with Crippen LogP contribution in [0.15, 0.2) is 48.7 Å². The molecule has 2 aromatic carbocycles. The van der Waals surface area contributed by atoms with E-state index in [1.807, 2.05) is 39.0 Å². The topological polar surface area (TPSA) is 12.0 Å². The highest BCUT2D eigenvalue weighted by atomic mass is 35.5. The minimum absolute atomic E-state index is 0.147. The van der Waals surface area contributed by atoms with Gasteiger partial charge in [-0.25, -0.2) is 4.39 Å². The molecule has 2 aromatic rings. The van der Waals surface area contributed by atoms with E-state index in [-0.39, 0.29) is 10.7 Å². The molecule has 0 unspecified atom stereocenters. The number of rotatable bonds is 6. The monoisotopic (exact) mass is 345 g/mol. The summed E-state index contributed by atoms with van der Waals surface area (Å²) in [5, 5.41) is 3.32. The van der Waals surface area contributed by atoms with Gasteiger partial charge in [0.25, 0.3) is 0 Å². The highest BCUT2D eigenvalue weighted by molar-refractivity contribution is 6.23. The summed E-state index contributed by atoms with van der Waals surface area (Å²) in [6, 6.07) is 11.5. The Morgan fingerprint density at radius 1 is 1.21 bits per heavy atom. The van der Waals surface area contributed by atoms with Crippen LogP contribution >= 0.6 is 11.6 Å². The molecule has 24 heavy (non-hydrogen) atoms. The first-order valence-corrected chi connectivity index (χ1v) is 8.60. The number of alkyl halides is 1. The third-order valence-electron chi connectivity index (χ3n) is 3.93. The normalized spacial score (nSPS) is 11.4. The lowest BCUT2D eigenvalue weighted by Crippen LogP contribution is -2.14. The second-order valence-electron chi connectivity index (χ2n) is 6.81. The van der Waals surface area contributed by atoms with E-state index in [1.165, 1.54) is 0 Å². The quantitative estimate of drug-likeness (QED) is 0.574. The third-order valence-corrected chi connectivity index (χ3v) is 4.06.